The Bertz CT molecular complexity index is 681. The average molecular weight is 323 g/mol. The van der Waals surface area contributed by atoms with Crippen molar-refractivity contribution in [3.8, 4) is 0 Å². The molecule has 0 saturated heterocycles. The third-order valence-corrected chi connectivity index (χ3v) is 5.07. The first-order valence-corrected chi connectivity index (χ1v) is 8.16. The second kappa shape index (κ2) is 6.39. The standard InChI is InChI=1S/C13H11ClN4S2/c14-12-7-6-11(20-12)9-19-13-15-16-17-18(13)8-10-4-2-1-3-5-10/h1-7H,8-9H2. The average Bonchev–Trinajstić information content (AvgIpc) is 3.07. The molecule has 0 amide bonds. The zero-order chi connectivity index (χ0) is 13.8. The number of hydrogen-bond acceptors (Lipinski definition) is 5. The number of tetrazole rings is 1. The molecule has 4 nitrogen and oxygen atoms in total. The number of thioether (sulfide) groups is 1. The van der Waals surface area contributed by atoms with E-state index < -0.39 is 0 Å². The largest absolute Gasteiger partial charge is 0.216 e. The van der Waals surface area contributed by atoms with Crippen molar-refractivity contribution in [3.05, 3.63) is 57.2 Å². The van der Waals surface area contributed by atoms with Crippen molar-refractivity contribution in [2.45, 2.75) is 17.5 Å². The summed E-state index contributed by atoms with van der Waals surface area (Å²) in [5.74, 6) is 0.826. The van der Waals surface area contributed by atoms with Crippen LogP contribution < -0.4 is 0 Å². The van der Waals surface area contributed by atoms with Gasteiger partial charge < -0.3 is 0 Å². The van der Waals surface area contributed by atoms with E-state index >= 15 is 0 Å². The molecule has 0 unspecified atom stereocenters. The van der Waals surface area contributed by atoms with Gasteiger partial charge in [-0.2, -0.15) is 0 Å². The minimum absolute atomic E-state index is 0.682. The summed E-state index contributed by atoms with van der Waals surface area (Å²) < 4.78 is 2.62. The van der Waals surface area contributed by atoms with Gasteiger partial charge in [-0.3, -0.25) is 0 Å². The van der Waals surface area contributed by atoms with E-state index in [1.54, 1.807) is 23.1 Å². The van der Waals surface area contributed by atoms with Crippen molar-refractivity contribution in [2.24, 2.45) is 0 Å². The lowest BCUT2D eigenvalue weighted by Crippen LogP contribution is -2.03. The maximum absolute atomic E-state index is 5.92. The zero-order valence-electron chi connectivity index (χ0n) is 10.4. The predicted octanol–water partition coefficient (Wildman–Crippen LogP) is 3.73. The highest BCUT2D eigenvalue weighted by Crippen LogP contribution is 2.27. The number of hydrogen-bond donors (Lipinski definition) is 0. The second-order valence-electron chi connectivity index (χ2n) is 4.10. The highest BCUT2D eigenvalue weighted by Gasteiger charge is 2.08. The van der Waals surface area contributed by atoms with Gasteiger partial charge in [-0.15, -0.1) is 16.4 Å². The summed E-state index contributed by atoms with van der Waals surface area (Å²) in [5, 5.41) is 12.7. The van der Waals surface area contributed by atoms with Crippen LogP contribution in [0.15, 0.2) is 47.6 Å². The Kier molecular flexibility index (Phi) is 4.34. The molecule has 2 heterocycles. The number of aromatic nitrogens is 4. The van der Waals surface area contributed by atoms with Gasteiger partial charge in [-0.25, -0.2) is 4.68 Å². The fraction of sp³-hybridized carbons (Fsp3) is 0.154. The van der Waals surface area contributed by atoms with Crippen LogP contribution >= 0.6 is 34.7 Å². The Hall–Kier alpha value is -1.37. The fourth-order valence-electron chi connectivity index (χ4n) is 1.72. The van der Waals surface area contributed by atoms with E-state index in [1.165, 1.54) is 10.4 Å². The fourth-order valence-corrected chi connectivity index (χ4v) is 3.73. The SMILES string of the molecule is Clc1ccc(CSc2nnnn2Cc2ccccc2)s1. The summed E-state index contributed by atoms with van der Waals surface area (Å²) in [4.78, 5) is 1.22. The van der Waals surface area contributed by atoms with Gasteiger partial charge in [0.25, 0.3) is 0 Å². The van der Waals surface area contributed by atoms with Crippen molar-refractivity contribution in [3.63, 3.8) is 0 Å². The van der Waals surface area contributed by atoms with Gasteiger partial charge in [0, 0.05) is 10.6 Å². The van der Waals surface area contributed by atoms with Gasteiger partial charge in [0.2, 0.25) is 5.16 Å². The van der Waals surface area contributed by atoms with E-state index in [1.807, 2.05) is 35.0 Å². The van der Waals surface area contributed by atoms with Crippen molar-refractivity contribution >= 4 is 34.7 Å². The van der Waals surface area contributed by atoms with Crippen molar-refractivity contribution < 1.29 is 0 Å². The van der Waals surface area contributed by atoms with Crippen molar-refractivity contribution in [2.75, 3.05) is 0 Å². The maximum Gasteiger partial charge on any atom is 0.209 e. The molecule has 20 heavy (non-hydrogen) atoms. The minimum atomic E-state index is 0.682. The molecule has 0 fully saturated rings. The molecule has 2 aromatic heterocycles. The smallest absolute Gasteiger partial charge is 0.209 e. The lowest BCUT2D eigenvalue weighted by Gasteiger charge is -2.03. The monoisotopic (exact) mass is 322 g/mol. The molecule has 0 spiro atoms. The summed E-state index contributed by atoms with van der Waals surface area (Å²) in [7, 11) is 0. The van der Waals surface area contributed by atoms with Crippen LogP contribution in [0.3, 0.4) is 0 Å². The summed E-state index contributed by atoms with van der Waals surface area (Å²) in [6.07, 6.45) is 0. The lowest BCUT2D eigenvalue weighted by molar-refractivity contribution is 0.603. The van der Waals surface area contributed by atoms with Gasteiger partial charge in [0.05, 0.1) is 10.9 Å². The topological polar surface area (TPSA) is 43.6 Å². The molecule has 7 heteroatoms. The van der Waals surface area contributed by atoms with Crippen LogP contribution in [0.5, 0.6) is 0 Å². The third kappa shape index (κ3) is 3.39. The molecule has 0 aliphatic carbocycles. The molecule has 3 aromatic rings. The van der Waals surface area contributed by atoms with Crippen LogP contribution in [-0.4, -0.2) is 20.2 Å². The van der Waals surface area contributed by atoms with Gasteiger partial charge in [0.15, 0.2) is 0 Å². The highest BCUT2D eigenvalue weighted by molar-refractivity contribution is 7.98. The van der Waals surface area contributed by atoms with E-state index in [0.717, 1.165) is 15.2 Å². The third-order valence-electron chi connectivity index (χ3n) is 2.65. The van der Waals surface area contributed by atoms with E-state index in [0.29, 0.717) is 6.54 Å². The summed E-state index contributed by atoms with van der Waals surface area (Å²) in [5.41, 5.74) is 1.18. The van der Waals surface area contributed by atoms with Gasteiger partial charge in [-0.1, -0.05) is 53.7 Å². The molecular weight excluding hydrogens is 312 g/mol. The summed E-state index contributed by atoms with van der Waals surface area (Å²) in [6, 6.07) is 14.1. The molecule has 0 saturated carbocycles. The Morgan fingerprint density at radius 2 is 2.00 bits per heavy atom. The second-order valence-corrected chi connectivity index (χ2v) is 6.84. The van der Waals surface area contributed by atoms with Crippen LogP contribution in [-0.2, 0) is 12.3 Å². The molecule has 1 aromatic carbocycles. The first-order valence-electron chi connectivity index (χ1n) is 5.98. The van der Waals surface area contributed by atoms with Crippen LogP contribution in [0, 0.1) is 0 Å². The number of thiophene rings is 1. The van der Waals surface area contributed by atoms with E-state index in [2.05, 4.69) is 27.7 Å². The Labute approximate surface area is 129 Å². The maximum atomic E-state index is 5.92. The number of benzene rings is 1. The number of halogens is 1. The van der Waals surface area contributed by atoms with Crippen LogP contribution in [0.1, 0.15) is 10.4 Å². The molecule has 102 valence electrons. The molecular formula is C13H11ClN4S2. The van der Waals surface area contributed by atoms with Gasteiger partial charge in [0.1, 0.15) is 0 Å². The van der Waals surface area contributed by atoms with Crippen molar-refractivity contribution in [1.29, 1.82) is 0 Å². The van der Waals surface area contributed by atoms with E-state index in [4.69, 9.17) is 11.6 Å². The molecule has 0 bridgehead atoms. The van der Waals surface area contributed by atoms with Crippen LogP contribution in [0.4, 0.5) is 0 Å². The first-order chi connectivity index (χ1) is 9.81. The van der Waals surface area contributed by atoms with E-state index in [-0.39, 0.29) is 0 Å². The van der Waals surface area contributed by atoms with Crippen LogP contribution in [0.25, 0.3) is 0 Å². The van der Waals surface area contributed by atoms with Crippen LogP contribution in [0.2, 0.25) is 4.34 Å². The normalized spacial score (nSPS) is 10.8. The molecule has 0 atom stereocenters. The Morgan fingerprint density at radius 3 is 2.75 bits per heavy atom. The quantitative estimate of drug-likeness (QED) is 0.671. The predicted molar refractivity (Wildman–Crippen MR) is 82.3 cm³/mol. The number of rotatable bonds is 5. The van der Waals surface area contributed by atoms with E-state index in [9.17, 15) is 0 Å². The molecule has 0 radical (unpaired) electrons. The van der Waals surface area contributed by atoms with Crippen molar-refractivity contribution in [1.82, 2.24) is 20.2 Å². The number of nitrogens with zero attached hydrogens (tertiary/aromatic N) is 4. The summed E-state index contributed by atoms with van der Waals surface area (Å²) >= 11 is 9.13. The Balaban J connectivity index is 1.67. The molecule has 3 rings (SSSR count). The molecule has 0 aliphatic rings. The highest BCUT2D eigenvalue weighted by atomic mass is 35.5. The minimum Gasteiger partial charge on any atom is -0.216 e. The van der Waals surface area contributed by atoms with Gasteiger partial charge in [-0.05, 0) is 28.1 Å². The summed E-state index contributed by atoms with van der Waals surface area (Å²) in [6.45, 7) is 0.682. The molecule has 0 aliphatic heterocycles. The van der Waals surface area contributed by atoms with Gasteiger partial charge >= 0.3 is 0 Å². The lowest BCUT2D eigenvalue weighted by atomic mass is 10.2. The molecule has 0 N–H and O–H groups in total. The first kappa shape index (κ1) is 13.6. The zero-order valence-corrected chi connectivity index (χ0v) is 12.8. The Morgan fingerprint density at radius 1 is 1.15 bits per heavy atom.